The lowest BCUT2D eigenvalue weighted by molar-refractivity contribution is 0.0949. The summed E-state index contributed by atoms with van der Waals surface area (Å²) in [6.45, 7) is 2.31. The molecule has 0 aliphatic heterocycles. The summed E-state index contributed by atoms with van der Waals surface area (Å²) in [6.07, 6.45) is 3.14. The van der Waals surface area contributed by atoms with Crippen LogP contribution in [0.2, 0.25) is 0 Å². The zero-order chi connectivity index (χ0) is 21.3. The lowest BCUT2D eigenvalue weighted by atomic mass is 9.93. The number of nitrogen functional groups attached to an aromatic ring is 1. The fourth-order valence-corrected chi connectivity index (χ4v) is 3.69. The van der Waals surface area contributed by atoms with Gasteiger partial charge in [-0.3, -0.25) is 9.59 Å². The highest BCUT2D eigenvalue weighted by Gasteiger charge is 2.28. The standard InChI is InChI=1S/C23H25N5O2/c1-14-5-2-3-8-18(14)23(30)26-13-15-9-11-16(12-10-15)20-19(22(25)29)21(24)28(27-20)17-6-4-7-17/h2-3,5,8-12,17H,4,6-7,13,24H2,1H3,(H2,25,29)(H,26,30). The van der Waals surface area contributed by atoms with Crippen LogP contribution in [0.3, 0.4) is 0 Å². The lowest BCUT2D eigenvalue weighted by Crippen LogP contribution is -2.23. The topological polar surface area (TPSA) is 116 Å². The third-order valence-corrected chi connectivity index (χ3v) is 5.68. The maximum absolute atomic E-state index is 12.4. The Kier molecular flexibility index (Phi) is 5.27. The maximum Gasteiger partial charge on any atom is 0.254 e. The van der Waals surface area contributed by atoms with Crippen molar-refractivity contribution in [3.8, 4) is 11.3 Å². The van der Waals surface area contributed by atoms with E-state index >= 15 is 0 Å². The SMILES string of the molecule is Cc1ccccc1C(=O)NCc1ccc(-c2nn(C3CCC3)c(N)c2C(N)=O)cc1. The number of hydrogen-bond donors (Lipinski definition) is 3. The Bertz CT molecular complexity index is 1100. The van der Waals surface area contributed by atoms with Crippen molar-refractivity contribution in [3.05, 3.63) is 70.8 Å². The highest BCUT2D eigenvalue weighted by molar-refractivity contribution is 6.03. The monoisotopic (exact) mass is 403 g/mol. The third-order valence-electron chi connectivity index (χ3n) is 5.68. The van der Waals surface area contributed by atoms with E-state index < -0.39 is 5.91 Å². The van der Waals surface area contributed by atoms with Crippen molar-refractivity contribution in [2.24, 2.45) is 5.73 Å². The predicted molar refractivity (Wildman–Crippen MR) is 116 cm³/mol. The molecule has 7 nitrogen and oxygen atoms in total. The van der Waals surface area contributed by atoms with Gasteiger partial charge in [0.15, 0.2) is 0 Å². The molecule has 1 aromatic heterocycles. The molecule has 3 aromatic rings. The molecule has 0 saturated heterocycles. The van der Waals surface area contributed by atoms with E-state index in [9.17, 15) is 9.59 Å². The summed E-state index contributed by atoms with van der Waals surface area (Å²) in [5.41, 5.74) is 15.8. The molecule has 0 spiro atoms. The predicted octanol–water partition coefficient (Wildman–Crippen LogP) is 3.19. The van der Waals surface area contributed by atoms with Crippen LogP contribution in [0.15, 0.2) is 48.5 Å². The Morgan fingerprint density at radius 2 is 1.83 bits per heavy atom. The van der Waals surface area contributed by atoms with Crippen LogP contribution in [0.1, 0.15) is 57.1 Å². The number of benzene rings is 2. The van der Waals surface area contributed by atoms with Gasteiger partial charge < -0.3 is 16.8 Å². The normalized spacial score (nSPS) is 13.6. The van der Waals surface area contributed by atoms with Crippen LogP contribution in [0.4, 0.5) is 5.82 Å². The molecule has 1 aliphatic carbocycles. The first-order chi connectivity index (χ1) is 14.5. The Hall–Kier alpha value is -3.61. The van der Waals surface area contributed by atoms with Crippen molar-refractivity contribution in [3.63, 3.8) is 0 Å². The number of rotatable bonds is 6. The molecule has 2 aromatic carbocycles. The molecule has 0 radical (unpaired) electrons. The smallest absolute Gasteiger partial charge is 0.254 e. The van der Waals surface area contributed by atoms with Crippen LogP contribution in [0, 0.1) is 6.92 Å². The number of nitrogens with zero attached hydrogens (tertiary/aromatic N) is 2. The van der Waals surface area contributed by atoms with E-state index in [-0.39, 0.29) is 17.5 Å². The van der Waals surface area contributed by atoms with Crippen molar-refractivity contribution in [2.75, 3.05) is 5.73 Å². The number of carbonyl (C=O) groups is 2. The van der Waals surface area contributed by atoms with Crippen LogP contribution in [-0.4, -0.2) is 21.6 Å². The lowest BCUT2D eigenvalue weighted by Gasteiger charge is -2.26. The van der Waals surface area contributed by atoms with E-state index in [2.05, 4.69) is 10.4 Å². The first-order valence-electron chi connectivity index (χ1n) is 10.1. The molecule has 7 heteroatoms. The quantitative estimate of drug-likeness (QED) is 0.586. The number of amides is 2. The molecule has 1 saturated carbocycles. The number of nitrogens with two attached hydrogens (primary N) is 2. The molecule has 0 atom stereocenters. The molecule has 1 heterocycles. The first-order valence-corrected chi connectivity index (χ1v) is 10.1. The van der Waals surface area contributed by atoms with Crippen LogP contribution in [0.25, 0.3) is 11.3 Å². The minimum absolute atomic E-state index is 0.111. The van der Waals surface area contributed by atoms with Crippen molar-refractivity contribution < 1.29 is 9.59 Å². The largest absolute Gasteiger partial charge is 0.383 e. The van der Waals surface area contributed by atoms with Gasteiger partial charge >= 0.3 is 0 Å². The Balaban J connectivity index is 1.52. The Morgan fingerprint density at radius 3 is 2.43 bits per heavy atom. The van der Waals surface area contributed by atoms with Gasteiger partial charge in [0, 0.05) is 17.7 Å². The second-order valence-corrected chi connectivity index (χ2v) is 7.70. The molecule has 0 unspecified atom stereocenters. The van der Waals surface area contributed by atoms with Crippen LogP contribution >= 0.6 is 0 Å². The summed E-state index contributed by atoms with van der Waals surface area (Å²) < 4.78 is 1.73. The molecule has 30 heavy (non-hydrogen) atoms. The van der Waals surface area contributed by atoms with Gasteiger partial charge in [-0.05, 0) is 43.4 Å². The average Bonchev–Trinajstić information content (AvgIpc) is 3.02. The summed E-state index contributed by atoms with van der Waals surface area (Å²) >= 11 is 0. The van der Waals surface area contributed by atoms with E-state index in [4.69, 9.17) is 11.5 Å². The van der Waals surface area contributed by atoms with Gasteiger partial charge in [0.2, 0.25) is 0 Å². The summed E-state index contributed by atoms with van der Waals surface area (Å²) in [5.74, 6) is -0.361. The van der Waals surface area contributed by atoms with Gasteiger partial charge in [0.1, 0.15) is 17.1 Å². The highest BCUT2D eigenvalue weighted by Crippen LogP contribution is 2.36. The van der Waals surface area contributed by atoms with Gasteiger partial charge in [0.05, 0.1) is 6.04 Å². The fourth-order valence-electron chi connectivity index (χ4n) is 3.69. The van der Waals surface area contributed by atoms with E-state index in [1.165, 1.54) is 0 Å². The Labute approximate surface area is 175 Å². The molecule has 154 valence electrons. The molecular formula is C23H25N5O2. The zero-order valence-electron chi connectivity index (χ0n) is 16.9. The molecule has 1 fully saturated rings. The van der Waals surface area contributed by atoms with Crippen molar-refractivity contribution in [2.45, 2.75) is 38.8 Å². The molecule has 4 rings (SSSR count). The average molecular weight is 403 g/mol. The number of aryl methyl sites for hydroxylation is 1. The van der Waals surface area contributed by atoms with Gasteiger partial charge in [-0.25, -0.2) is 4.68 Å². The zero-order valence-corrected chi connectivity index (χ0v) is 16.9. The van der Waals surface area contributed by atoms with E-state index in [1.807, 2.05) is 55.5 Å². The number of primary amides is 1. The second kappa shape index (κ2) is 8.02. The maximum atomic E-state index is 12.4. The molecule has 2 amide bonds. The number of hydrogen-bond acceptors (Lipinski definition) is 4. The molecule has 0 bridgehead atoms. The van der Waals surface area contributed by atoms with Gasteiger partial charge in [-0.2, -0.15) is 5.10 Å². The van der Waals surface area contributed by atoms with Gasteiger partial charge in [-0.1, -0.05) is 42.5 Å². The third kappa shape index (κ3) is 3.66. The van der Waals surface area contributed by atoms with Crippen LogP contribution < -0.4 is 16.8 Å². The van der Waals surface area contributed by atoms with E-state index in [0.717, 1.165) is 36.0 Å². The van der Waals surface area contributed by atoms with Gasteiger partial charge in [-0.15, -0.1) is 0 Å². The molecule has 1 aliphatic rings. The van der Waals surface area contributed by atoms with Crippen LogP contribution in [0.5, 0.6) is 0 Å². The number of carbonyl (C=O) groups excluding carboxylic acids is 2. The summed E-state index contributed by atoms with van der Waals surface area (Å²) in [7, 11) is 0. The van der Waals surface area contributed by atoms with Crippen molar-refractivity contribution in [1.82, 2.24) is 15.1 Å². The summed E-state index contributed by atoms with van der Waals surface area (Å²) in [4.78, 5) is 24.4. The molecular weight excluding hydrogens is 378 g/mol. The Morgan fingerprint density at radius 1 is 1.13 bits per heavy atom. The molecule has 5 N–H and O–H groups in total. The number of nitrogens with one attached hydrogen (secondary N) is 1. The number of anilines is 1. The first kappa shape index (κ1) is 19.7. The number of aromatic nitrogens is 2. The van der Waals surface area contributed by atoms with E-state index in [1.54, 1.807) is 4.68 Å². The van der Waals surface area contributed by atoms with Crippen molar-refractivity contribution >= 4 is 17.6 Å². The second-order valence-electron chi connectivity index (χ2n) is 7.70. The van der Waals surface area contributed by atoms with Crippen LogP contribution in [-0.2, 0) is 6.54 Å². The summed E-state index contributed by atoms with van der Waals surface area (Å²) in [5, 5.41) is 7.53. The minimum atomic E-state index is -0.581. The summed E-state index contributed by atoms with van der Waals surface area (Å²) in [6, 6.07) is 15.2. The van der Waals surface area contributed by atoms with Crippen molar-refractivity contribution in [1.29, 1.82) is 0 Å². The highest BCUT2D eigenvalue weighted by atomic mass is 16.2. The van der Waals surface area contributed by atoms with E-state index in [0.29, 0.717) is 23.6 Å². The van der Waals surface area contributed by atoms with Gasteiger partial charge in [0.25, 0.3) is 11.8 Å². The fraction of sp³-hybridized carbons (Fsp3) is 0.261. The minimum Gasteiger partial charge on any atom is -0.383 e.